The molecule has 27 heavy (non-hydrogen) atoms. The molecule has 1 aromatic carbocycles. The molecular weight excluding hydrogens is 364 g/mol. The number of sulfone groups is 1. The molecule has 2 aromatic rings. The summed E-state index contributed by atoms with van der Waals surface area (Å²) in [5.41, 5.74) is 1.47. The Bertz CT molecular complexity index is 885. The zero-order chi connectivity index (χ0) is 19.4. The first-order valence-corrected chi connectivity index (χ1v) is 10.9. The fourth-order valence-electron chi connectivity index (χ4n) is 3.29. The summed E-state index contributed by atoms with van der Waals surface area (Å²) in [6.45, 7) is 4.31. The number of rotatable bonds is 6. The normalized spacial score (nSPS) is 19.4. The van der Waals surface area contributed by atoms with Gasteiger partial charge in [0.25, 0.3) is 5.91 Å². The number of carbonyl (C=O) groups is 1. The first-order chi connectivity index (χ1) is 12.9. The number of anilines is 1. The van der Waals surface area contributed by atoms with Crippen molar-refractivity contribution in [3.63, 3.8) is 0 Å². The smallest absolute Gasteiger partial charge is 0.257 e. The highest BCUT2D eigenvalue weighted by molar-refractivity contribution is 7.91. The Balaban J connectivity index is 1.68. The van der Waals surface area contributed by atoms with Crippen LogP contribution in [0.4, 0.5) is 5.95 Å². The molecule has 1 amide bonds. The second-order valence-corrected chi connectivity index (χ2v) is 8.95. The molecule has 1 N–H and O–H groups in total. The monoisotopic (exact) mass is 388 g/mol. The van der Waals surface area contributed by atoms with Gasteiger partial charge >= 0.3 is 0 Å². The fraction of sp³-hybridized carbons (Fsp3) is 0.421. The molecule has 0 saturated carbocycles. The number of hydrogen-bond donors (Lipinski definition) is 1. The summed E-state index contributed by atoms with van der Waals surface area (Å²) in [5.74, 6) is 0.372. The molecule has 8 heteroatoms. The molecule has 0 spiro atoms. The summed E-state index contributed by atoms with van der Waals surface area (Å²) in [6, 6.07) is 9.70. The van der Waals surface area contributed by atoms with Gasteiger partial charge in [-0.05, 0) is 25.8 Å². The molecule has 2 atom stereocenters. The Hall–Kier alpha value is -2.48. The van der Waals surface area contributed by atoms with Crippen molar-refractivity contribution in [3.8, 4) is 0 Å². The molecule has 0 radical (unpaired) electrons. The van der Waals surface area contributed by atoms with Gasteiger partial charge in [-0.2, -0.15) is 0 Å². The van der Waals surface area contributed by atoms with Crippen LogP contribution in [0.2, 0.25) is 0 Å². The average Bonchev–Trinajstić information content (AvgIpc) is 3.03. The van der Waals surface area contributed by atoms with Gasteiger partial charge in [-0.3, -0.25) is 4.79 Å². The summed E-state index contributed by atoms with van der Waals surface area (Å²) in [7, 11) is -3.05. The van der Waals surface area contributed by atoms with E-state index in [1.807, 2.05) is 44.2 Å². The predicted molar refractivity (Wildman–Crippen MR) is 104 cm³/mol. The van der Waals surface area contributed by atoms with Gasteiger partial charge < -0.3 is 10.2 Å². The molecule has 144 valence electrons. The first-order valence-electron chi connectivity index (χ1n) is 9.04. The molecule has 1 aromatic heterocycles. The molecule has 2 heterocycles. The molecule has 1 aliphatic heterocycles. The Morgan fingerprint density at radius 1 is 1.26 bits per heavy atom. The lowest BCUT2D eigenvalue weighted by Gasteiger charge is -2.26. The van der Waals surface area contributed by atoms with Gasteiger partial charge in [0, 0.05) is 25.0 Å². The van der Waals surface area contributed by atoms with E-state index >= 15 is 0 Å². The molecular formula is C19H24N4O3S. The van der Waals surface area contributed by atoms with E-state index < -0.39 is 9.84 Å². The number of benzene rings is 1. The molecule has 1 saturated heterocycles. The Labute approximate surface area is 159 Å². The lowest BCUT2D eigenvalue weighted by atomic mass is 10.1. The van der Waals surface area contributed by atoms with Crippen LogP contribution >= 0.6 is 0 Å². The Kier molecular flexibility index (Phi) is 5.74. The van der Waals surface area contributed by atoms with Crippen molar-refractivity contribution in [2.24, 2.45) is 0 Å². The summed E-state index contributed by atoms with van der Waals surface area (Å²) >= 11 is 0. The van der Waals surface area contributed by atoms with Crippen molar-refractivity contribution in [1.29, 1.82) is 0 Å². The maximum Gasteiger partial charge on any atom is 0.257 e. The lowest BCUT2D eigenvalue weighted by molar-refractivity contribution is 0.0707. The van der Waals surface area contributed by atoms with Gasteiger partial charge in [-0.25, -0.2) is 18.4 Å². The highest BCUT2D eigenvalue weighted by Gasteiger charge is 2.34. The van der Waals surface area contributed by atoms with Gasteiger partial charge in [0.2, 0.25) is 5.95 Å². The van der Waals surface area contributed by atoms with Gasteiger partial charge in [0.05, 0.1) is 23.1 Å². The zero-order valence-electron chi connectivity index (χ0n) is 15.5. The third-order valence-corrected chi connectivity index (χ3v) is 6.55. The number of carbonyl (C=O) groups excluding carboxylic acids is 1. The number of nitrogens with one attached hydrogen (secondary N) is 1. The predicted octanol–water partition coefficient (Wildman–Crippen LogP) is 2.30. The molecule has 2 unspecified atom stereocenters. The van der Waals surface area contributed by atoms with E-state index in [2.05, 4.69) is 15.3 Å². The van der Waals surface area contributed by atoms with Crippen LogP contribution in [0.15, 0.2) is 42.7 Å². The van der Waals surface area contributed by atoms with Crippen molar-refractivity contribution in [2.45, 2.75) is 32.4 Å². The molecule has 1 aliphatic rings. The van der Waals surface area contributed by atoms with Crippen LogP contribution in [0.25, 0.3) is 0 Å². The van der Waals surface area contributed by atoms with E-state index in [-0.39, 0.29) is 29.5 Å². The van der Waals surface area contributed by atoms with Crippen LogP contribution in [-0.4, -0.2) is 53.3 Å². The van der Waals surface area contributed by atoms with Crippen molar-refractivity contribution < 1.29 is 13.2 Å². The molecule has 3 rings (SSSR count). The van der Waals surface area contributed by atoms with E-state index in [9.17, 15) is 13.2 Å². The number of hydrogen-bond acceptors (Lipinski definition) is 6. The zero-order valence-corrected chi connectivity index (χ0v) is 16.3. The van der Waals surface area contributed by atoms with Crippen molar-refractivity contribution >= 4 is 21.7 Å². The fourth-order valence-corrected chi connectivity index (χ4v) is 5.02. The van der Waals surface area contributed by atoms with Crippen molar-refractivity contribution in [3.05, 3.63) is 53.9 Å². The topological polar surface area (TPSA) is 92.3 Å². The van der Waals surface area contributed by atoms with Gasteiger partial charge in [0.15, 0.2) is 9.84 Å². The number of aromatic nitrogens is 2. The number of amides is 1. The second-order valence-electron chi connectivity index (χ2n) is 6.72. The summed E-state index contributed by atoms with van der Waals surface area (Å²) < 4.78 is 23.4. The van der Waals surface area contributed by atoms with Gasteiger partial charge in [0.1, 0.15) is 0 Å². The Morgan fingerprint density at radius 3 is 2.48 bits per heavy atom. The standard InChI is InChI=1S/C19H24N4O3S/c1-3-23(17-9-10-27(25,26)13-17)18(24)16-11-20-19(21-12-16)22-14(2)15-7-5-4-6-8-15/h4-8,11-12,14,17H,3,9-10,13H2,1-2H3,(H,20,21,22). The maximum atomic E-state index is 12.8. The van der Waals surface area contributed by atoms with E-state index in [0.717, 1.165) is 5.56 Å². The minimum atomic E-state index is -3.05. The summed E-state index contributed by atoms with van der Waals surface area (Å²) in [5, 5.41) is 3.21. The lowest BCUT2D eigenvalue weighted by Crippen LogP contribution is -2.41. The van der Waals surface area contributed by atoms with Crippen molar-refractivity contribution in [1.82, 2.24) is 14.9 Å². The summed E-state index contributed by atoms with van der Waals surface area (Å²) in [6.07, 6.45) is 3.46. The highest BCUT2D eigenvalue weighted by atomic mass is 32.2. The SMILES string of the molecule is CCN(C(=O)c1cnc(NC(C)c2ccccc2)nc1)C1CCS(=O)(=O)C1. The van der Waals surface area contributed by atoms with Gasteiger partial charge in [-0.15, -0.1) is 0 Å². The minimum absolute atomic E-state index is 0.0294. The van der Waals surface area contributed by atoms with E-state index in [1.165, 1.54) is 12.4 Å². The van der Waals surface area contributed by atoms with Crippen LogP contribution in [0.1, 0.15) is 42.2 Å². The summed E-state index contributed by atoms with van der Waals surface area (Å²) in [4.78, 5) is 22.9. The van der Waals surface area contributed by atoms with Crippen LogP contribution in [-0.2, 0) is 9.84 Å². The van der Waals surface area contributed by atoms with Crippen LogP contribution in [0.3, 0.4) is 0 Å². The highest BCUT2D eigenvalue weighted by Crippen LogP contribution is 2.20. The quantitative estimate of drug-likeness (QED) is 0.816. The Morgan fingerprint density at radius 2 is 1.93 bits per heavy atom. The third-order valence-electron chi connectivity index (χ3n) is 4.79. The molecule has 0 bridgehead atoms. The van der Waals surface area contributed by atoms with E-state index in [0.29, 0.717) is 24.5 Å². The van der Waals surface area contributed by atoms with E-state index in [1.54, 1.807) is 4.90 Å². The molecule has 7 nitrogen and oxygen atoms in total. The second kappa shape index (κ2) is 8.04. The van der Waals surface area contributed by atoms with Crippen LogP contribution in [0, 0.1) is 0 Å². The van der Waals surface area contributed by atoms with Crippen LogP contribution < -0.4 is 5.32 Å². The van der Waals surface area contributed by atoms with Crippen molar-refractivity contribution in [2.75, 3.05) is 23.4 Å². The average molecular weight is 388 g/mol. The van der Waals surface area contributed by atoms with Crippen LogP contribution in [0.5, 0.6) is 0 Å². The van der Waals surface area contributed by atoms with E-state index in [4.69, 9.17) is 0 Å². The largest absolute Gasteiger partial charge is 0.348 e. The first kappa shape index (κ1) is 19.3. The number of nitrogens with zero attached hydrogens (tertiary/aromatic N) is 3. The maximum absolute atomic E-state index is 12.8. The minimum Gasteiger partial charge on any atom is -0.348 e. The molecule has 1 fully saturated rings. The third kappa shape index (κ3) is 4.63. The van der Waals surface area contributed by atoms with Gasteiger partial charge in [-0.1, -0.05) is 30.3 Å². The molecule has 0 aliphatic carbocycles.